The first kappa shape index (κ1) is 15.8. The van der Waals surface area contributed by atoms with Crippen LogP contribution < -0.4 is 16.2 Å². The van der Waals surface area contributed by atoms with Gasteiger partial charge in [0, 0.05) is 37.9 Å². The third-order valence-electron chi connectivity index (χ3n) is 4.29. The van der Waals surface area contributed by atoms with Crippen molar-refractivity contribution in [2.24, 2.45) is 0 Å². The van der Waals surface area contributed by atoms with Gasteiger partial charge in [0.25, 0.3) is 0 Å². The molecule has 2 aliphatic rings. The molecule has 0 aromatic heterocycles. The van der Waals surface area contributed by atoms with E-state index in [1.807, 2.05) is 42.2 Å². The molecule has 0 spiro atoms. The Kier molecular flexibility index (Phi) is 4.78. The van der Waals surface area contributed by atoms with Crippen LogP contribution in [0.1, 0.15) is 13.3 Å². The number of nitrogens with one attached hydrogen (secondary N) is 3. The Morgan fingerprint density at radius 3 is 2.30 bits per heavy atom. The van der Waals surface area contributed by atoms with E-state index >= 15 is 0 Å². The van der Waals surface area contributed by atoms with Crippen LogP contribution in [0, 0.1) is 0 Å². The lowest BCUT2D eigenvalue weighted by molar-refractivity contribution is -0.134. The molecule has 2 saturated heterocycles. The smallest absolute Gasteiger partial charge is 0.321 e. The predicted octanol–water partition coefficient (Wildman–Crippen LogP) is 0.618. The van der Waals surface area contributed by atoms with E-state index in [1.54, 1.807) is 4.90 Å². The normalized spacial score (nSPS) is 24.6. The molecule has 2 atom stereocenters. The van der Waals surface area contributed by atoms with Gasteiger partial charge in [0.05, 0.1) is 0 Å². The van der Waals surface area contributed by atoms with Crippen molar-refractivity contribution >= 4 is 17.6 Å². The summed E-state index contributed by atoms with van der Waals surface area (Å²) < 4.78 is 0. The molecule has 3 amide bonds. The average Bonchev–Trinajstić information content (AvgIpc) is 3.02. The summed E-state index contributed by atoms with van der Waals surface area (Å²) in [4.78, 5) is 28.2. The zero-order chi connectivity index (χ0) is 16.2. The molecule has 3 rings (SSSR count). The number of anilines is 1. The summed E-state index contributed by atoms with van der Waals surface area (Å²) in [5.41, 5.74) is 6.89. The number of benzene rings is 1. The van der Waals surface area contributed by atoms with E-state index in [9.17, 15) is 9.59 Å². The Hall–Kier alpha value is -2.12. The third-order valence-corrected chi connectivity index (χ3v) is 4.29. The minimum atomic E-state index is -0.158. The van der Waals surface area contributed by atoms with Crippen molar-refractivity contribution in [1.82, 2.24) is 20.7 Å². The lowest BCUT2D eigenvalue weighted by Gasteiger charge is -2.35. The highest BCUT2D eigenvalue weighted by Crippen LogP contribution is 2.12. The molecule has 2 heterocycles. The maximum atomic E-state index is 12.4. The molecule has 1 aromatic rings. The number of nitrogens with zero attached hydrogens (tertiary/aromatic N) is 2. The van der Waals surface area contributed by atoms with Gasteiger partial charge in [-0.25, -0.2) is 10.2 Å². The van der Waals surface area contributed by atoms with Crippen LogP contribution in [0.25, 0.3) is 0 Å². The van der Waals surface area contributed by atoms with E-state index in [2.05, 4.69) is 16.2 Å². The van der Waals surface area contributed by atoms with E-state index < -0.39 is 0 Å². The molecule has 7 nitrogen and oxygen atoms in total. The summed E-state index contributed by atoms with van der Waals surface area (Å²) in [7, 11) is 0. The van der Waals surface area contributed by atoms with Crippen LogP contribution in [-0.2, 0) is 4.79 Å². The van der Waals surface area contributed by atoms with Crippen LogP contribution in [0.3, 0.4) is 0 Å². The lowest BCUT2D eigenvalue weighted by atomic mass is 10.1. The highest BCUT2D eigenvalue weighted by Gasteiger charge is 2.32. The van der Waals surface area contributed by atoms with Crippen molar-refractivity contribution in [2.45, 2.75) is 25.4 Å². The number of carbonyl (C=O) groups is 2. The molecule has 0 radical (unpaired) electrons. The van der Waals surface area contributed by atoms with Gasteiger partial charge in [-0.3, -0.25) is 10.2 Å². The van der Waals surface area contributed by atoms with Gasteiger partial charge in [0.2, 0.25) is 5.91 Å². The fourth-order valence-electron chi connectivity index (χ4n) is 2.95. The Labute approximate surface area is 136 Å². The Morgan fingerprint density at radius 2 is 1.70 bits per heavy atom. The maximum Gasteiger partial charge on any atom is 0.321 e. The zero-order valence-corrected chi connectivity index (χ0v) is 13.3. The zero-order valence-electron chi connectivity index (χ0n) is 13.3. The van der Waals surface area contributed by atoms with Crippen LogP contribution >= 0.6 is 0 Å². The number of hydrazine groups is 1. The maximum absolute atomic E-state index is 12.4. The highest BCUT2D eigenvalue weighted by atomic mass is 16.2. The lowest BCUT2D eigenvalue weighted by Crippen LogP contribution is -2.55. The van der Waals surface area contributed by atoms with Crippen molar-refractivity contribution in [2.75, 3.05) is 31.5 Å². The standard InChI is InChI=1S/C16H23N5O2/c1-12-11-14(19-18-12)15(22)20-7-9-21(10-8-20)16(23)17-13-5-3-2-4-6-13/h2-6,12,14,18-19H,7-11H2,1H3,(H,17,23). The molecule has 3 N–H and O–H groups in total. The van der Waals surface area contributed by atoms with E-state index in [0.717, 1.165) is 12.1 Å². The van der Waals surface area contributed by atoms with Gasteiger partial charge in [0.15, 0.2) is 0 Å². The summed E-state index contributed by atoms with van der Waals surface area (Å²) in [6.07, 6.45) is 0.799. The number of carbonyl (C=O) groups excluding carboxylic acids is 2. The third kappa shape index (κ3) is 3.80. The van der Waals surface area contributed by atoms with Crippen LogP contribution in [0.4, 0.5) is 10.5 Å². The fraction of sp³-hybridized carbons (Fsp3) is 0.500. The largest absolute Gasteiger partial charge is 0.338 e. The molecule has 2 fully saturated rings. The van der Waals surface area contributed by atoms with Gasteiger partial charge in [-0.05, 0) is 25.5 Å². The number of amides is 3. The topological polar surface area (TPSA) is 76.7 Å². The molecule has 124 valence electrons. The molecule has 7 heteroatoms. The first-order chi connectivity index (χ1) is 11.1. The molecule has 0 bridgehead atoms. The van der Waals surface area contributed by atoms with Crippen molar-refractivity contribution < 1.29 is 9.59 Å². The van der Waals surface area contributed by atoms with Gasteiger partial charge in [-0.15, -0.1) is 0 Å². The first-order valence-corrected chi connectivity index (χ1v) is 8.04. The number of piperazine rings is 1. The van der Waals surface area contributed by atoms with E-state index in [0.29, 0.717) is 32.2 Å². The first-order valence-electron chi connectivity index (χ1n) is 8.04. The Bertz CT molecular complexity index is 557. The number of para-hydroxylation sites is 1. The molecular formula is C16H23N5O2. The molecule has 0 saturated carbocycles. The molecule has 1 aromatic carbocycles. The minimum Gasteiger partial charge on any atom is -0.338 e. The Balaban J connectivity index is 1.48. The average molecular weight is 317 g/mol. The predicted molar refractivity (Wildman–Crippen MR) is 87.8 cm³/mol. The second-order valence-electron chi connectivity index (χ2n) is 6.09. The fourth-order valence-corrected chi connectivity index (χ4v) is 2.95. The van der Waals surface area contributed by atoms with Crippen LogP contribution in [-0.4, -0.2) is 60.0 Å². The molecular weight excluding hydrogens is 294 g/mol. The second kappa shape index (κ2) is 6.97. The van der Waals surface area contributed by atoms with Crippen LogP contribution in [0.5, 0.6) is 0 Å². The van der Waals surface area contributed by atoms with Gasteiger partial charge >= 0.3 is 6.03 Å². The number of hydrogen-bond acceptors (Lipinski definition) is 4. The number of rotatable bonds is 2. The number of urea groups is 1. The Morgan fingerprint density at radius 1 is 1.04 bits per heavy atom. The molecule has 0 aliphatic carbocycles. The van der Waals surface area contributed by atoms with E-state index in [-0.39, 0.29) is 18.0 Å². The summed E-state index contributed by atoms with van der Waals surface area (Å²) in [5.74, 6) is 0.116. The van der Waals surface area contributed by atoms with Gasteiger partial charge in [0.1, 0.15) is 6.04 Å². The highest BCUT2D eigenvalue weighted by molar-refractivity contribution is 5.89. The van der Waals surface area contributed by atoms with Crippen molar-refractivity contribution in [3.05, 3.63) is 30.3 Å². The SMILES string of the molecule is CC1CC(C(=O)N2CCN(C(=O)Nc3ccccc3)CC2)NN1. The van der Waals surface area contributed by atoms with E-state index in [4.69, 9.17) is 0 Å². The van der Waals surface area contributed by atoms with Crippen molar-refractivity contribution in [3.8, 4) is 0 Å². The van der Waals surface area contributed by atoms with E-state index in [1.165, 1.54) is 0 Å². The molecule has 23 heavy (non-hydrogen) atoms. The number of hydrogen-bond donors (Lipinski definition) is 3. The van der Waals surface area contributed by atoms with Crippen LogP contribution in [0.2, 0.25) is 0 Å². The summed E-state index contributed by atoms with van der Waals surface area (Å²) in [6.45, 7) is 4.31. The summed E-state index contributed by atoms with van der Waals surface area (Å²) in [5, 5.41) is 2.88. The van der Waals surface area contributed by atoms with Gasteiger partial charge < -0.3 is 15.1 Å². The summed E-state index contributed by atoms with van der Waals surface area (Å²) >= 11 is 0. The minimum absolute atomic E-state index is 0.113. The monoisotopic (exact) mass is 317 g/mol. The molecule has 2 aliphatic heterocycles. The van der Waals surface area contributed by atoms with Gasteiger partial charge in [-0.2, -0.15) is 0 Å². The summed E-state index contributed by atoms with van der Waals surface area (Å²) in [6, 6.07) is 9.43. The van der Waals surface area contributed by atoms with Crippen molar-refractivity contribution in [1.29, 1.82) is 0 Å². The molecule has 2 unspecified atom stereocenters. The second-order valence-corrected chi connectivity index (χ2v) is 6.09. The van der Waals surface area contributed by atoms with Gasteiger partial charge in [-0.1, -0.05) is 18.2 Å². The van der Waals surface area contributed by atoms with Crippen molar-refractivity contribution in [3.63, 3.8) is 0 Å². The van der Waals surface area contributed by atoms with Crippen LogP contribution in [0.15, 0.2) is 30.3 Å². The quantitative estimate of drug-likeness (QED) is 0.747.